The first-order valence-corrected chi connectivity index (χ1v) is 6.81. The van der Waals surface area contributed by atoms with Crippen molar-refractivity contribution in [1.29, 1.82) is 0 Å². The Kier molecular flexibility index (Phi) is 4.19. The highest BCUT2D eigenvalue weighted by Gasteiger charge is 2.51. The Hall–Kier alpha value is -0.600. The monoisotopic (exact) mass is 376 g/mol. The highest BCUT2D eigenvalue weighted by molar-refractivity contribution is 6.75. The number of aromatic nitrogens is 6. The first kappa shape index (κ1) is 15.8. The molecule has 2 heterocycles. The molecule has 2 aromatic rings. The Morgan fingerprint density at radius 1 is 1.25 bits per heavy atom. The molecule has 7 nitrogen and oxygen atoms in total. The van der Waals surface area contributed by atoms with Gasteiger partial charge in [0.15, 0.2) is 5.82 Å². The van der Waals surface area contributed by atoms with E-state index in [-0.39, 0.29) is 11.6 Å². The second-order valence-corrected chi connectivity index (χ2v) is 7.20. The molecule has 12 heteroatoms. The standard InChI is InChI=1S/C8H5Cl5N6O/c1-4-16-5(7(9,10)8(11,12)13)17-19(4)6(20)18-3-14-2-15-18/h2-3H,1H3. The minimum Gasteiger partial charge on any atom is -0.243 e. The molecule has 108 valence electrons. The third-order valence-electron chi connectivity index (χ3n) is 2.20. The van der Waals surface area contributed by atoms with Gasteiger partial charge in [-0.2, -0.15) is 14.5 Å². The molecule has 0 N–H and O–H groups in total. The molecule has 0 fully saturated rings. The molecule has 0 bridgehead atoms. The van der Waals surface area contributed by atoms with Gasteiger partial charge in [-0.3, -0.25) is 0 Å². The summed E-state index contributed by atoms with van der Waals surface area (Å²) in [5, 5.41) is 7.53. The minimum atomic E-state index is -2.08. The minimum absolute atomic E-state index is 0.195. The predicted molar refractivity (Wildman–Crippen MR) is 74.6 cm³/mol. The Bertz CT molecular complexity index is 630. The average Bonchev–Trinajstić information content (AvgIpc) is 2.95. The van der Waals surface area contributed by atoms with Gasteiger partial charge in [-0.15, -0.1) is 5.10 Å². The van der Waals surface area contributed by atoms with Crippen molar-refractivity contribution in [1.82, 2.24) is 29.5 Å². The molecule has 0 saturated heterocycles. The van der Waals surface area contributed by atoms with Gasteiger partial charge in [0.05, 0.1) is 0 Å². The zero-order chi connectivity index (χ0) is 15.1. The molecule has 2 aromatic heterocycles. The summed E-state index contributed by atoms with van der Waals surface area (Å²) in [6.07, 6.45) is 2.40. The summed E-state index contributed by atoms with van der Waals surface area (Å²) in [6.45, 7) is 1.51. The van der Waals surface area contributed by atoms with Crippen molar-refractivity contribution in [2.24, 2.45) is 0 Å². The molecule has 0 aromatic carbocycles. The smallest absolute Gasteiger partial charge is 0.243 e. The van der Waals surface area contributed by atoms with Gasteiger partial charge in [-0.1, -0.05) is 58.0 Å². The Morgan fingerprint density at radius 2 is 1.90 bits per heavy atom. The van der Waals surface area contributed by atoms with E-state index in [4.69, 9.17) is 58.0 Å². The fraction of sp³-hybridized carbons (Fsp3) is 0.375. The van der Waals surface area contributed by atoms with Crippen LogP contribution < -0.4 is 0 Å². The maximum absolute atomic E-state index is 12.1. The molecule has 20 heavy (non-hydrogen) atoms. The molecule has 0 atom stereocenters. The lowest BCUT2D eigenvalue weighted by Crippen LogP contribution is -2.30. The lowest BCUT2D eigenvalue weighted by molar-refractivity contribution is 0.237. The van der Waals surface area contributed by atoms with Crippen LogP contribution in [-0.2, 0) is 4.33 Å². The second kappa shape index (κ2) is 5.31. The largest absolute Gasteiger partial charge is 0.372 e. The molecule has 0 aliphatic heterocycles. The number of hydrogen-bond donors (Lipinski definition) is 0. The van der Waals surface area contributed by atoms with Crippen LogP contribution in [0.2, 0.25) is 0 Å². The van der Waals surface area contributed by atoms with E-state index in [1.54, 1.807) is 0 Å². The third-order valence-corrected chi connectivity index (χ3v) is 4.54. The molecule has 0 spiro atoms. The quantitative estimate of drug-likeness (QED) is 0.713. The van der Waals surface area contributed by atoms with Crippen LogP contribution in [0.3, 0.4) is 0 Å². The molecule has 0 aliphatic rings. The number of alkyl halides is 5. The molecule has 0 radical (unpaired) electrons. The Morgan fingerprint density at radius 3 is 2.40 bits per heavy atom. The van der Waals surface area contributed by atoms with Crippen molar-refractivity contribution in [2.75, 3.05) is 0 Å². The van der Waals surface area contributed by atoms with E-state index in [9.17, 15) is 4.79 Å². The number of carbonyl (C=O) groups excluding carboxylic acids is 1. The van der Waals surface area contributed by atoms with Crippen LogP contribution in [0.5, 0.6) is 0 Å². The van der Waals surface area contributed by atoms with E-state index in [1.165, 1.54) is 19.6 Å². The van der Waals surface area contributed by atoms with Gasteiger partial charge < -0.3 is 0 Å². The maximum Gasteiger partial charge on any atom is 0.372 e. The van der Waals surface area contributed by atoms with Crippen LogP contribution >= 0.6 is 58.0 Å². The number of aryl methyl sites for hydroxylation is 1. The SMILES string of the molecule is Cc1nc(C(Cl)(Cl)C(Cl)(Cl)Cl)nn1C(=O)n1cncn1. The van der Waals surface area contributed by atoms with Crippen LogP contribution in [0.4, 0.5) is 4.79 Å². The van der Waals surface area contributed by atoms with E-state index in [0.717, 1.165) is 9.36 Å². The molecule has 0 aliphatic carbocycles. The summed E-state index contributed by atoms with van der Waals surface area (Å²) in [5.74, 6) is -0.0211. The Balaban J connectivity index is 2.43. The van der Waals surface area contributed by atoms with Crippen LogP contribution in [-0.4, -0.2) is 39.4 Å². The van der Waals surface area contributed by atoms with Gasteiger partial charge in [-0.05, 0) is 6.92 Å². The van der Waals surface area contributed by atoms with Crippen LogP contribution in [0, 0.1) is 6.92 Å². The molecule has 2 rings (SSSR count). The highest BCUT2D eigenvalue weighted by Crippen LogP contribution is 2.51. The number of nitrogens with zero attached hydrogens (tertiary/aromatic N) is 6. The fourth-order valence-electron chi connectivity index (χ4n) is 1.24. The Labute approximate surface area is 137 Å². The number of rotatable bonds is 1. The lowest BCUT2D eigenvalue weighted by atomic mass is 10.4. The molecule has 0 saturated carbocycles. The molecular formula is C8H5Cl5N6O. The lowest BCUT2D eigenvalue weighted by Gasteiger charge is -2.23. The average molecular weight is 378 g/mol. The van der Waals surface area contributed by atoms with Crippen LogP contribution in [0.15, 0.2) is 12.7 Å². The van der Waals surface area contributed by atoms with E-state index >= 15 is 0 Å². The van der Waals surface area contributed by atoms with Gasteiger partial charge in [0.2, 0.25) is 8.13 Å². The van der Waals surface area contributed by atoms with E-state index in [0.29, 0.717) is 0 Å². The number of halogens is 5. The fourth-order valence-corrected chi connectivity index (χ4v) is 1.65. The van der Waals surface area contributed by atoms with Crippen molar-refractivity contribution in [2.45, 2.75) is 15.0 Å². The van der Waals surface area contributed by atoms with Crippen molar-refractivity contribution < 1.29 is 4.79 Å². The predicted octanol–water partition coefficient (Wildman–Crippen LogP) is 2.70. The maximum atomic E-state index is 12.1. The normalized spacial score (nSPS) is 12.7. The van der Waals surface area contributed by atoms with Crippen molar-refractivity contribution in [3.8, 4) is 0 Å². The summed E-state index contributed by atoms with van der Waals surface area (Å²) in [7, 11) is 0. The van der Waals surface area contributed by atoms with Crippen molar-refractivity contribution >= 4 is 64.0 Å². The van der Waals surface area contributed by atoms with E-state index in [1.807, 2.05) is 0 Å². The first-order valence-electron chi connectivity index (χ1n) is 4.92. The van der Waals surface area contributed by atoms with Gasteiger partial charge in [0, 0.05) is 0 Å². The summed E-state index contributed by atoms with van der Waals surface area (Å²) < 4.78 is -2.23. The number of hydrogen-bond acceptors (Lipinski definition) is 5. The van der Waals surface area contributed by atoms with Gasteiger partial charge in [-0.25, -0.2) is 14.8 Å². The molecule has 0 amide bonds. The van der Waals surface area contributed by atoms with Crippen LogP contribution in [0.1, 0.15) is 11.6 Å². The van der Waals surface area contributed by atoms with Gasteiger partial charge in [0.25, 0.3) is 0 Å². The number of carbonyl (C=O) groups is 1. The van der Waals surface area contributed by atoms with Crippen molar-refractivity contribution in [3.05, 3.63) is 24.3 Å². The summed E-state index contributed by atoms with van der Waals surface area (Å²) in [4.78, 5) is 19.6. The zero-order valence-electron chi connectivity index (χ0n) is 9.64. The third kappa shape index (κ3) is 2.73. The van der Waals surface area contributed by atoms with Crippen molar-refractivity contribution in [3.63, 3.8) is 0 Å². The molecule has 0 unspecified atom stereocenters. The second-order valence-electron chi connectivity index (χ2n) is 3.59. The summed E-state index contributed by atoms with van der Waals surface area (Å²) in [6, 6.07) is -0.632. The van der Waals surface area contributed by atoms with Gasteiger partial charge >= 0.3 is 6.03 Å². The van der Waals surface area contributed by atoms with Gasteiger partial charge in [0.1, 0.15) is 18.5 Å². The molecular weight excluding hydrogens is 373 g/mol. The summed E-state index contributed by atoms with van der Waals surface area (Å²) >= 11 is 28.9. The van der Waals surface area contributed by atoms with E-state index in [2.05, 4.69) is 20.2 Å². The van der Waals surface area contributed by atoms with E-state index < -0.39 is 14.2 Å². The highest BCUT2D eigenvalue weighted by atomic mass is 35.6. The zero-order valence-corrected chi connectivity index (χ0v) is 13.4. The first-order chi connectivity index (χ1) is 9.14. The summed E-state index contributed by atoms with van der Waals surface area (Å²) in [5.41, 5.74) is 0. The topological polar surface area (TPSA) is 78.5 Å². The van der Waals surface area contributed by atoms with Crippen LogP contribution in [0.25, 0.3) is 0 Å².